The Morgan fingerprint density at radius 1 is 1.31 bits per heavy atom. The molecule has 2 aliphatic heterocycles. The van der Waals surface area contributed by atoms with Crippen molar-refractivity contribution in [2.75, 3.05) is 0 Å². The Morgan fingerprint density at radius 3 is 3.12 bits per heavy atom. The van der Waals surface area contributed by atoms with E-state index in [1.165, 1.54) is 12.8 Å². The highest BCUT2D eigenvalue weighted by Crippen LogP contribution is 2.49. The van der Waals surface area contributed by atoms with Crippen molar-refractivity contribution in [1.29, 1.82) is 5.26 Å². The van der Waals surface area contributed by atoms with Crippen LogP contribution in [0.25, 0.3) is 0 Å². The number of nitrogens with zero attached hydrogens (tertiary/aromatic N) is 1. The van der Waals surface area contributed by atoms with Crippen LogP contribution in [0, 0.1) is 11.3 Å². The van der Waals surface area contributed by atoms with Gasteiger partial charge in [-0.2, -0.15) is 5.26 Å². The smallest absolute Gasteiger partial charge is 0.0971 e. The van der Waals surface area contributed by atoms with Crippen LogP contribution in [-0.2, 0) is 9.47 Å². The second kappa shape index (κ2) is 4.01. The van der Waals surface area contributed by atoms with Crippen LogP contribution in [-0.4, -0.2) is 23.9 Å². The fourth-order valence-electron chi connectivity index (χ4n) is 3.65. The summed E-state index contributed by atoms with van der Waals surface area (Å²) >= 11 is 0. The minimum atomic E-state index is 0.0291. The molecule has 0 radical (unpaired) electrons. The lowest BCUT2D eigenvalue weighted by atomic mass is 9.78. The third-order valence-corrected chi connectivity index (χ3v) is 4.37. The minimum absolute atomic E-state index is 0.0291. The molecule has 0 aromatic heterocycles. The number of hydrogen-bond acceptors (Lipinski definition) is 3. The molecule has 1 saturated carbocycles. The summed E-state index contributed by atoms with van der Waals surface area (Å²) in [5, 5.41) is 8.63. The van der Waals surface area contributed by atoms with E-state index in [0.717, 1.165) is 32.1 Å². The topological polar surface area (TPSA) is 42.2 Å². The lowest BCUT2D eigenvalue weighted by Crippen LogP contribution is -2.48. The predicted octanol–water partition coefficient (Wildman–Crippen LogP) is 2.55. The molecule has 3 nitrogen and oxygen atoms in total. The first-order valence-corrected chi connectivity index (χ1v) is 6.53. The molecule has 0 amide bonds. The Kier molecular flexibility index (Phi) is 2.65. The largest absolute Gasteiger partial charge is 0.372 e. The lowest BCUT2D eigenvalue weighted by Gasteiger charge is -2.42. The van der Waals surface area contributed by atoms with Crippen molar-refractivity contribution in [3.05, 3.63) is 0 Å². The van der Waals surface area contributed by atoms with Crippen molar-refractivity contribution in [2.24, 2.45) is 0 Å². The summed E-state index contributed by atoms with van der Waals surface area (Å²) in [5.74, 6) is 0. The Balaban J connectivity index is 1.69. The summed E-state index contributed by atoms with van der Waals surface area (Å²) in [4.78, 5) is 0. The van der Waals surface area contributed by atoms with E-state index < -0.39 is 0 Å². The molecule has 4 atom stereocenters. The highest BCUT2D eigenvalue weighted by Gasteiger charge is 2.54. The molecule has 2 saturated heterocycles. The van der Waals surface area contributed by atoms with Crippen molar-refractivity contribution >= 4 is 0 Å². The minimum Gasteiger partial charge on any atom is -0.372 e. The Hall–Kier alpha value is -0.590. The highest BCUT2D eigenvalue weighted by atomic mass is 16.6. The SMILES string of the molecule is N#CCC[C@H]1CCC2OC3CCC[C@@]2(C3)O1. The van der Waals surface area contributed by atoms with Gasteiger partial charge >= 0.3 is 0 Å². The molecule has 0 aromatic rings. The monoisotopic (exact) mass is 221 g/mol. The van der Waals surface area contributed by atoms with Crippen LogP contribution in [0.2, 0.25) is 0 Å². The number of nitriles is 1. The van der Waals surface area contributed by atoms with E-state index in [1.54, 1.807) is 0 Å². The van der Waals surface area contributed by atoms with E-state index in [9.17, 15) is 0 Å². The molecule has 0 aromatic carbocycles. The summed E-state index contributed by atoms with van der Waals surface area (Å²) in [7, 11) is 0. The molecule has 88 valence electrons. The van der Waals surface area contributed by atoms with Gasteiger partial charge in [-0.25, -0.2) is 0 Å². The normalized spacial score (nSPS) is 46.1. The number of hydrogen-bond donors (Lipinski definition) is 0. The maximum Gasteiger partial charge on any atom is 0.0971 e. The van der Waals surface area contributed by atoms with Crippen LogP contribution < -0.4 is 0 Å². The summed E-state index contributed by atoms with van der Waals surface area (Å²) in [5.41, 5.74) is 0.0291. The molecule has 3 fully saturated rings. The van der Waals surface area contributed by atoms with Crippen molar-refractivity contribution in [3.63, 3.8) is 0 Å². The third kappa shape index (κ3) is 1.65. The molecule has 2 heterocycles. The van der Waals surface area contributed by atoms with E-state index in [4.69, 9.17) is 14.7 Å². The van der Waals surface area contributed by atoms with Crippen molar-refractivity contribution in [1.82, 2.24) is 0 Å². The van der Waals surface area contributed by atoms with Gasteiger partial charge in [0, 0.05) is 12.8 Å². The van der Waals surface area contributed by atoms with E-state index in [0.29, 0.717) is 24.7 Å². The van der Waals surface area contributed by atoms with E-state index in [2.05, 4.69) is 6.07 Å². The molecule has 1 aliphatic carbocycles. The van der Waals surface area contributed by atoms with Gasteiger partial charge in [0.15, 0.2) is 0 Å². The lowest BCUT2D eigenvalue weighted by molar-refractivity contribution is -0.166. The average molecular weight is 221 g/mol. The fraction of sp³-hybridized carbons (Fsp3) is 0.923. The highest BCUT2D eigenvalue weighted by molar-refractivity contribution is 5.04. The van der Waals surface area contributed by atoms with E-state index in [1.807, 2.05) is 0 Å². The molecule has 2 bridgehead atoms. The zero-order valence-corrected chi connectivity index (χ0v) is 9.65. The molecule has 1 spiro atoms. The molecular weight excluding hydrogens is 202 g/mol. The first-order chi connectivity index (χ1) is 7.82. The van der Waals surface area contributed by atoms with Crippen LogP contribution in [0.15, 0.2) is 0 Å². The van der Waals surface area contributed by atoms with Gasteiger partial charge in [-0.15, -0.1) is 0 Å². The number of ether oxygens (including phenoxy) is 2. The summed E-state index contributed by atoms with van der Waals surface area (Å²) in [6.07, 6.45) is 9.54. The standard InChI is InChI=1S/C13H19NO2/c14-8-2-4-10-5-6-12-13(16-10)7-1-3-11(9-13)15-12/h10-12H,1-7,9H2/t10-,11?,12?,13-/m0/s1. The number of fused-ring (bicyclic) bond motifs is 1. The molecule has 16 heavy (non-hydrogen) atoms. The quantitative estimate of drug-likeness (QED) is 0.719. The maximum absolute atomic E-state index is 8.63. The van der Waals surface area contributed by atoms with Crippen LogP contribution in [0.3, 0.4) is 0 Å². The van der Waals surface area contributed by atoms with Crippen LogP contribution in [0.4, 0.5) is 0 Å². The van der Waals surface area contributed by atoms with Gasteiger partial charge in [-0.1, -0.05) is 0 Å². The van der Waals surface area contributed by atoms with Gasteiger partial charge in [0.1, 0.15) is 0 Å². The molecule has 3 aliphatic rings. The first kappa shape index (κ1) is 10.6. The van der Waals surface area contributed by atoms with Crippen LogP contribution in [0.5, 0.6) is 0 Å². The second-order valence-corrected chi connectivity index (χ2v) is 5.42. The van der Waals surface area contributed by atoms with Crippen molar-refractivity contribution in [2.45, 2.75) is 75.3 Å². The fourth-order valence-corrected chi connectivity index (χ4v) is 3.65. The predicted molar refractivity (Wildman–Crippen MR) is 58.8 cm³/mol. The van der Waals surface area contributed by atoms with E-state index in [-0.39, 0.29) is 5.60 Å². The summed E-state index contributed by atoms with van der Waals surface area (Å²) < 4.78 is 12.3. The van der Waals surface area contributed by atoms with Crippen LogP contribution >= 0.6 is 0 Å². The van der Waals surface area contributed by atoms with Gasteiger partial charge in [-0.05, 0) is 38.5 Å². The van der Waals surface area contributed by atoms with Crippen molar-refractivity contribution in [3.8, 4) is 6.07 Å². The van der Waals surface area contributed by atoms with Crippen molar-refractivity contribution < 1.29 is 9.47 Å². The maximum atomic E-state index is 8.63. The zero-order valence-electron chi connectivity index (χ0n) is 9.65. The van der Waals surface area contributed by atoms with Gasteiger partial charge in [0.05, 0.1) is 30.0 Å². The molecule has 3 rings (SSSR count). The van der Waals surface area contributed by atoms with Crippen LogP contribution in [0.1, 0.15) is 51.4 Å². The number of rotatable bonds is 2. The Labute approximate surface area is 96.7 Å². The second-order valence-electron chi connectivity index (χ2n) is 5.42. The molecular formula is C13H19NO2. The summed E-state index contributed by atoms with van der Waals surface area (Å²) in [6.45, 7) is 0. The van der Waals surface area contributed by atoms with Gasteiger partial charge < -0.3 is 9.47 Å². The van der Waals surface area contributed by atoms with Gasteiger partial charge in [0.25, 0.3) is 0 Å². The molecule has 3 heteroatoms. The molecule has 2 unspecified atom stereocenters. The zero-order chi connectivity index (χ0) is 11.0. The Morgan fingerprint density at radius 2 is 2.25 bits per heavy atom. The van der Waals surface area contributed by atoms with Gasteiger partial charge in [-0.3, -0.25) is 0 Å². The first-order valence-electron chi connectivity index (χ1n) is 6.53. The Bertz CT molecular complexity index is 312. The molecule has 0 N–H and O–H groups in total. The summed E-state index contributed by atoms with van der Waals surface area (Å²) in [6, 6.07) is 2.22. The third-order valence-electron chi connectivity index (χ3n) is 4.37. The van der Waals surface area contributed by atoms with E-state index >= 15 is 0 Å². The van der Waals surface area contributed by atoms with Gasteiger partial charge in [0.2, 0.25) is 0 Å². The average Bonchev–Trinajstić information content (AvgIpc) is 2.55.